The average molecular weight is 264 g/mol. The summed E-state index contributed by atoms with van der Waals surface area (Å²) in [7, 11) is 0. The van der Waals surface area contributed by atoms with Crippen molar-refractivity contribution in [3.8, 4) is 0 Å². The van der Waals surface area contributed by atoms with Crippen LogP contribution < -0.4 is 0 Å². The molecule has 0 radical (unpaired) electrons. The van der Waals surface area contributed by atoms with E-state index in [2.05, 4.69) is 15.9 Å². The lowest BCUT2D eigenvalue weighted by Crippen LogP contribution is -2.01. The SMILES string of the molecule is O=C(Cl)COCc1ccccc1Br. The smallest absolute Gasteiger partial charge is 0.247 e. The Labute approximate surface area is 90.0 Å². The second-order valence-electron chi connectivity index (χ2n) is 2.44. The molecule has 0 fully saturated rings. The minimum atomic E-state index is -0.480. The van der Waals surface area contributed by atoms with Crippen molar-refractivity contribution in [1.29, 1.82) is 0 Å². The molecule has 0 atom stereocenters. The van der Waals surface area contributed by atoms with Crippen LogP contribution in [0.5, 0.6) is 0 Å². The van der Waals surface area contributed by atoms with Crippen molar-refractivity contribution in [3.63, 3.8) is 0 Å². The molecule has 0 spiro atoms. The Hall–Kier alpha value is -0.380. The molecule has 1 aromatic carbocycles. The minimum Gasteiger partial charge on any atom is -0.368 e. The molecule has 2 nitrogen and oxygen atoms in total. The minimum absolute atomic E-state index is 0.0527. The predicted molar refractivity (Wildman–Crippen MR) is 54.7 cm³/mol. The molecule has 4 heteroatoms. The van der Waals surface area contributed by atoms with Gasteiger partial charge in [0.25, 0.3) is 0 Å². The molecule has 1 rings (SSSR count). The van der Waals surface area contributed by atoms with Crippen molar-refractivity contribution in [1.82, 2.24) is 0 Å². The fourth-order valence-electron chi connectivity index (χ4n) is 0.857. The standard InChI is InChI=1S/C9H8BrClO2/c10-8-4-2-1-3-7(8)5-13-6-9(11)12/h1-4H,5-6H2. The van der Waals surface area contributed by atoms with Crippen LogP contribution in [-0.2, 0) is 16.1 Å². The molecule has 0 unspecified atom stereocenters. The van der Waals surface area contributed by atoms with E-state index in [9.17, 15) is 4.79 Å². The number of hydrogen-bond donors (Lipinski definition) is 0. The van der Waals surface area contributed by atoms with Gasteiger partial charge in [-0.15, -0.1) is 0 Å². The van der Waals surface area contributed by atoms with Crippen LogP contribution in [0.15, 0.2) is 28.7 Å². The summed E-state index contributed by atoms with van der Waals surface area (Å²) < 4.78 is 6.02. The Balaban J connectivity index is 2.45. The Morgan fingerprint density at radius 1 is 1.46 bits per heavy atom. The van der Waals surface area contributed by atoms with Crippen molar-refractivity contribution >= 4 is 32.8 Å². The first-order valence-corrected chi connectivity index (χ1v) is 4.86. The van der Waals surface area contributed by atoms with Crippen molar-refractivity contribution in [2.75, 3.05) is 6.61 Å². The van der Waals surface area contributed by atoms with E-state index < -0.39 is 5.24 Å². The third kappa shape index (κ3) is 3.89. The number of carbonyl (C=O) groups is 1. The van der Waals surface area contributed by atoms with E-state index in [-0.39, 0.29) is 6.61 Å². The maximum Gasteiger partial charge on any atom is 0.247 e. The molecule has 0 aliphatic heterocycles. The van der Waals surface area contributed by atoms with E-state index >= 15 is 0 Å². The molecule has 1 aromatic rings. The van der Waals surface area contributed by atoms with Gasteiger partial charge in [-0.3, -0.25) is 4.79 Å². The van der Waals surface area contributed by atoms with Gasteiger partial charge in [-0.05, 0) is 23.2 Å². The van der Waals surface area contributed by atoms with Crippen LogP contribution in [0.3, 0.4) is 0 Å². The Kier molecular flexibility index (Phi) is 4.42. The first kappa shape index (κ1) is 10.7. The van der Waals surface area contributed by atoms with E-state index in [0.29, 0.717) is 6.61 Å². The molecule has 0 aliphatic rings. The van der Waals surface area contributed by atoms with Crippen LogP contribution in [0.2, 0.25) is 0 Å². The summed E-state index contributed by atoms with van der Waals surface area (Å²) in [6.45, 7) is 0.336. The normalized spacial score (nSPS) is 10.0. The number of halogens is 2. The van der Waals surface area contributed by atoms with Gasteiger partial charge in [0.05, 0.1) is 6.61 Å². The highest BCUT2D eigenvalue weighted by atomic mass is 79.9. The first-order chi connectivity index (χ1) is 6.20. The second kappa shape index (κ2) is 5.37. The van der Waals surface area contributed by atoms with E-state index in [1.807, 2.05) is 24.3 Å². The maximum absolute atomic E-state index is 10.3. The van der Waals surface area contributed by atoms with Gasteiger partial charge in [0.1, 0.15) is 6.61 Å². The van der Waals surface area contributed by atoms with Gasteiger partial charge in [0, 0.05) is 4.47 Å². The monoisotopic (exact) mass is 262 g/mol. The van der Waals surface area contributed by atoms with Crippen molar-refractivity contribution in [2.45, 2.75) is 6.61 Å². The zero-order chi connectivity index (χ0) is 9.68. The highest BCUT2D eigenvalue weighted by Gasteiger charge is 2.00. The number of rotatable bonds is 4. The molecule has 13 heavy (non-hydrogen) atoms. The van der Waals surface area contributed by atoms with Gasteiger partial charge in [-0.2, -0.15) is 0 Å². The van der Waals surface area contributed by atoms with E-state index in [1.54, 1.807) is 0 Å². The van der Waals surface area contributed by atoms with Gasteiger partial charge < -0.3 is 4.74 Å². The second-order valence-corrected chi connectivity index (χ2v) is 3.72. The third-order valence-electron chi connectivity index (χ3n) is 1.43. The first-order valence-electron chi connectivity index (χ1n) is 3.69. The molecule has 0 saturated heterocycles. The number of ether oxygens (including phenoxy) is 1. The van der Waals surface area contributed by atoms with Gasteiger partial charge in [-0.1, -0.05) is 34.1 Å². The molecular weight excluding hydrogens is 255 g/mol. The lowest BCUT2D eigenvalue weighted by atomic mass is 10.2. The van der Waals surface area contributed by atoms with Crippen LogP contribution in [0, 0.1) is 0 Å². The molecule has 70 valence electrons. The summed E-state index contributed by atoms with van der Waals surface area (Å²) >= 11 is 8.47. The van der Waals surface area contributed by atoms with Crippen LogP contribution in [0.1, 0.15) is 5.56 Å². The highest BCUT2D eigenvalue weighted by Crippen LogP contribution is 2.16. The lowest BCUT2D eigenvalue weighted by Gasteiger charge is -2.03. The Morgan fingerprint density at radius 3 is 2.77 bits per heavy atom. The van der Waals surface area contributed by atoms with Crippen LogP contribution >= 0.6 is 27.5 Å². The Bertz CT molecular complexity index is 301. The molecule has 0 heterocycles. The summed E-state index contributed by atoms with van der Waals surface area (Å²) in [6.07, 6.45) is 0. The summed E-state index contributed by atoms with van der Waals surface area (Å²) in [5, 5.41) is -0.480. The molecule has 0 amide bonds. The fraction of sp³-hybridized carbons (Fsp3) is 0.222. The topological polar surface area (TPSA) is 26.3 Å². The van der Waals surface area contributed by atoms with Crippen LogP contribution in [0.4, 0.5) is 0 Å². The third-order valence-corrected chi connectivity index (χ3v) is 2.31. The largest absolute Gasteiger partial charge is 0.368 e. The zero-order valence-electron chi connectivity index (χ0n) is 6.80. The van der Waals surface area contributed by atoms with E-state index in [0.717, 1.165) is 10.0 Å². The van der Waals surface area contributed by atoms with Crippen molar-refractivity contribution in [2.24, 2.45) is 0 Å². The Morgan fingerprint density at radius 2 is 2.15 bits per heavy atom. The summed E-state index contributed by atoms with van der Waals surface area (Å²) in [5.41, 5.74) is 1.00. The number of benzene rings is 1. The zero-order valence-corrected chi connectivity index (χ0v) is 9.14. The van der Waals surface area contributed by atoms with Crippen molar-refractivity contribution in [3.05, 3.63) is 34.3 Å². The lowest BCUT2D eigenvalue weighted by molar-refractivity contribution is -0.116. The van der Waals surface area contributed by atoms with Crippen LogP contribution in [-0.4, -0.2) is 11.8 Å². The number of carbonyl (C=O) groups excluding carboxylic acids is 1. The fourth-order valence-corrected chi connectivity index (χ4v) is 1.33. The highest BCUT2D eigenvalue weighted by molar-refractivity contribution is 9.10. The van der Waals surface area contributed by atoms with Gasteiger partial charge in [-0.25, -0.2) is 0 Å². The molecule has 0 aromatic heterocycles. The average Bonchev–Trinajstić information content (AvgIpc) is 2.08. The van der Waals surface area contributed by atoms with Gasteiger partial charge >= 0.3 is 0 Å². The summed E-state index contributed by atoms with van der Waals surface area (Å²) in [6, 6.07) is 7.66. The van der Waals surface area contributed by atoms with Crippen molar-refractivity contribution < 1.29 is 9.53 Å². The predicted octanol–water partition coefficient (Wildman–Crippen LogP) is 2.73. The summed E-state index contributed by atoms with van der Waals surface area (Å²) in [5.74, 6) is 0. The maximum atomic E-state index is 10.3. The van der Waals surface area contributed by atoms with Gasteiger partial charge in [0.2, 0.25) is 5.24 Å². The molecule has 0 saturated carbocycles. The molecular formula is C9H8BrClO2. The number of hydrogen-bond acceptors (Lipinski definition) is 2. The molecule has 0 N–H and O–H groups in total. The quantitative estimate of drug-likeness (QED) is 0.781. The van der Waals surface area contributed by atoms with E-state index in [1.165, 1.54) is 0 Å². The molecule has 0 aliphatic carbocycles. The van der Waals surface area contributed by atoms with Crippen LogP contribution in [0.25, 0.3) is 0 Å². The van der Waals surface area contributed by atoms with Gasteiger partial charge in [0.15, 0.2) is 0 Å². The molecule has 0 bridgehead atoms. The van der Waals surface area contributed by atoms with E-state index in [4.69, 9.17) is 16.3 Å². The summed E-state index contributed by atoms with van der Waals surface area (Å²) in [4.78, 5) is 10.3.